The fourth-order valence-electron chi connectivity index (χ4n) is 2.85. The lowest BCUT2D eigenvalue weighted by Crippen LogP contribution is -2.39. The average Bonchev–Trinajstić information content (AvgIpc) is 3.21. The molecule has 3 rings (SSSR count). The molecule has 1 amide bonds. The van der Waals surface area contributed by atoms with Crippen molar-refractivity contribution in [1.82, 2.24) is 20.0 Å². The van der Waals surface area contributed by atoms with E-state index in [0.717, 1.165) is 12.0 Å². The number of hydrogen-bond donors (Lipinski definition) is 0. The molecule has 0 aliphatic carbocycles. The zero-order valence-corrected chi connectivity index (χ0v) is 13.3. The normalized spacial score (nSPS) is 20.6. The van der Waals surface area contributed by atoms with Crippen LogP contribution in [0.2, 0.25) is 0 Å². The van der Waals surface area contributed by atoms with Crippen molar-refractivity contribution in [2.45, 2.75) is 38.3 Å². The molecule has 1 fully saturated rings. The molecule has 3 heterocycles. The molecule has 122 valence electrons. The summed E-state index contributed by atoms with van der Waals surface area (Å²) < 4.78 is 10.9. The molecular formula is C16H20N4O3. The Hall–Kier alpha value is -2.28. The van der Waals surface area contributed by atoms with Gasteiger partial charge in [-0.15, -0.1) is 0 Å². The number of likely N-dealkylation sites (N-methyl/N-ethyl adjacent to an activating group) is 1. The topological polar surface area (TPSA) is 81.4 Å². The second-order valence-electron chi connectivity index (χ2n) is 5.67. The quantitative estimate of drug-likeness (QED) is 0.835. The third-order valence-corrected chi connectivity index (χ3v) is 4.09. The molecule has 23 heavy (non-hydrogen) atoms. The molecule has 0 unspecified atom stereocenters. The lowest BCUT2D eigenvalue weighted by molar-refractivity contribution is -0.133. The van der Waals surface area contributed by atoms with E-state index >= 15 is 0 Å². The fourth-order valence-corrected chi connectivity index (χ4v) is 2.85. The van der Waals surface area contributed by atoms with Gasteiger partial charge in [0.1, 0.15) is 6.10 Å². The van der Waals surface area contributed by atoms with Crippen molar-refractivity contribution in [3.8, 4) is 0 Å². The van der Waals surface area contributed by atoms with Crippen LogP contribution in [0.3, 0.4) is 0 Å². The summed E-state index contributed by atoms with van der Waals surface area (Å²) in [5.41, 5.74) is 1.00. The molecule has 0 bridgehead atoms. The number of aryl methyl sites for hydroxylation is 2. The first-order chi connectivity index (χ1) is 11.1. The molecule has 0 spiro atoms. The first-order valence-corrected chi connectivity index (χ1v) is 7.71. The number of carbonyl (C=O) groups excluding carboxylic acids is 1. The third kappa shape index (κ3) is 3.56. The molecule has 1 aliphatic rings. The lowest BCUT2D eigenvalue weighted by Gasteiger charge is -2.28. The minimum Gasteiger partial charge on any atom is -0.371 e. The van der Waals surface area contributed by atoms with Crippen LogP contribution >= 0.6 is 0 Å². The van der Waals surface area contributed by atoms with E-state index in [1.165, 1.54) is 0 Å². The molecule has 2 aromatic heterocycles. The van der Waals surface area contributed by atoms with Crippen LogP contribution in [0, 0.1) is 6.92 Å². The van der Waals surface area contributed by atoms with E-state index in [1.807, 2.05) is 19.2 Å². The molecule has 1 saturated heterocycles. The monoisotopic (exact) mass is 316 g/mol. The Bertz CT molecular complexity index is 658. The molecular weight excluding hydrogens is 296 g/mol. The van der Waals surface area contributed by atoms with E-state index in [2.05, 4.69) is 15.1 Å². The summed E-state index contributed by atoms with van der Waals surface area (Å²) in [5, 5.41) is 3.73. The summed E-state index contributed by atoms with van der Waals surface area (Å²) in [6, 6.07) is 3.89. The Labute approximate surface area is 134 Å². The first kappa shape index (κ1) is 15.6. The summed E-state index contributed by atoms with van der Waals surface area (Å²) in [6.07, 6.45) is 5.02. The van der Waals surface area contributed by atoms with Crippen LogP contribution in [0.4, 0.5) is 0 Å². The number of nitrogens with zero attached hydrogens (tertiary/aromatic N) is 4. The minimum atomic E-state index is -0.122. The summed E-state index contributed by atoms with van der Waals surface area (Å²) in [5.74, 6) is 1.13. The standard InChI is InChI=1S/C16H20N4O3/c1-11-18-14(23-19-11)5-6-15(21)20(2)13-7-9-22-16(13)12-4-3-8-17-10-12/h3-4,8,10,13,16H,5-7,9H2,1-2H3/t13-,16+/m0/s1. The predicted octanol–water partition coefficient (Wildman–Crippen LogP) is 1.69. The molecule has 0 N–H and O–H groups in total. The smallest absolute Gasteiger partial charge is 0.227 e. The van der Waals surface area contributed by atoms with E-state index in [0.29, 0.717) is 31.2 Å². The average molecular weight is 316 g/mol. The van der Waals surface area contributed by atoms with E-state index in [9.17, 15) is 4.79 Å². The van der Waals surface area contributed by atoms with Crippen LogP contribution in [-0.2, 0) is 16.0 Å². The molecule has 0 saturated carbocycles. The van der Waals surface area contributed by atoms with E-state index in [1.54, 1.807) is 24.2 Å². The highest BCUT2D eigenvalue weighted by molar-refractivity contribution is 5.76. The Morgan fingerprint density at radius 3 is 3.04 bits per heavy atom. The third-order valence-electron chi connectivity index (χ3n) is 4.09. The zero-order valence-electron chi connectivity index (χ0n) is 13.3. The van der Waals surface area contributed by atoms with Gasteiger partial charge in [0.15, 0.2) is 5.82 Å². The predicted molar refractivity (Wildman–Crippen MR) is 81.5 cm³/mol. The van der Waals surface area contributed by atoms with Crippen molar-refractivity contribution in [3.63, 3.8) is 0 Å². The zero-order chi connectivity index (χ0) is 16.2. The summed E-state index contributed by atoms with van der Waals surface area (Å²) in [4.78, 5) is 22.5. The van der Waals surface area contributed by atoms with Gasteiger partial charge in [0.2, 0.25) is 11.8 Å². The molecule has 1 aliphatic heterocycles. The summed E-state index contributed by atoms with van der Waals surface area (Å²) in [7, 11) is 1.82. The van der Waals surface area contributed by atoms with Crippen molar-refractivity contribution >= 4 is 5.91 Å². The molecule has 7 nitrogen and oxygen atoms in total. The maximum atomic E-state index is 12.5. The largest absolute Gasteiger partial charge is 0.371 e. The first-order valence-electron chi connectivity index (χ1n) is 7.71. The number of ether oxygens (including phenoxy) is 1. The molecule has 2 atom stereocenters. The second-order valence-corrected chi connectivity index (χ2v) is 5.67. The van der Waals surface area contributed by atoms with Gasteiger partial charge < -0.3 is 14.2 Å². The SMILES string of the molecule is Cc1noc(CCC(=O)N(C)[C@H]2CCO[C@@H]2c2cccnc2)n1. The number of aromatic nitrogens is 3. The van der Waals surface area contributed by atoms with Crippen LogP contribution < -0.4 is 0 Å². The van der Waals surface area contributed by atoms with Crippen molar-refractivity contribution in [2.24, 2.45) is 0 Å². The summed E-state index contributed by atoms with van der Waals surface area (Å²) in [6.45, 7) is 2.40. The maximum absolute atomic E-state index is 12.5. The number of pyridine rings is 1. The van der Waals surface area contributed by atoms with Crippen molar-refractivity contribution in [3.05, 3.63) is 41.8 Å². The van der Waals surface area contributed by atoms with Crippen LogP contribution in [0.5, 0.6) is 0 Å². The van der Waals surface area contributed by atoms with Gasteiger partial charge in [-0.25, -0.2) is 0 Å². The Balaban J connectivity index is 1.62. The Morgan fingerprint density at radius 2 is 2.35 bits per heavy atom. The number of rotatable bonds is 5. The van der Waals surface area contributed by atoms with Crippen LogP contribution in [0.25, 0.3) is 0 Å². The van der Waals surface area contributed by atoms with Gasteiger partial charge in [-0.3, -0.25) is 9.78 Å². The van der Waals surface area contributed by atoms with E-state index in [-0.39, 0.29) is 18.1 Å². The van der Waals surface area contributed by atoms with Crippen LogP contribution in [0.15, 0.2) is 29.0 Å². The highest BCUT2D eigenvalue weighted by Crippen LogP contribution is 2.32. The van der Waals surface area contributed by atoms with Gasteiger partial charge in [0.05, 0.1) is 6.04 Å². The van der Waals surface area contributed by atoms with Crippen LogP contribution in [0.1, 0.15) is 36.2 Å². The van der Waals surface area contributed by atoms with Crippen LogP contribution in [-0.4, -0.2) is 45.6 Å². The van der Waals surface area contributed by atoms with Gasteiger partial charge in [-0.05, 0) is 19.4 Å². The van der Waals surface area contributed by atoms with Crippen molar-refractivity contribution in [1.29, 1.82) is 0 Å². The van der Waals surface area contributed by atoms with Gasteiger partial charge in [-0.1, -0.05) is 11.2 Å². The second kappa shape index (κ2) is 6.87. The summed E-state index contributed by atoms with van der Waals surface area (Å²) >= 11 is 0. The fraction of sp³-hybridized carbons (Fsp3) is 0.500. The Morgan fingerprint density at radius 1 is 1.48 bits per heavy atom. The van der Waals surface area contributed by atoms with E-state index < -0.39 is 0 Å². The molecule has 0 aromatic carbocycles. The number of hydrogen-bond acceptors (Lipinski definition) is 6. The molecule has 7 heteroatoms. The molecule has 2 aromatic rings. The molecule has 0 radical (unpaired) electrons. The lowest BCUT2D eigenvalue weighted by atomic mass is 10.0. The van der Waals surface area contributed by atoms with Gasteiger partial charge in [0.25, 0.3) is 0 Å². The number of carbonyl (C=O) groups is 1. The van der Waals surface area contributed by atoms with Gasteiger partial charge >= 0.3 is 0 Å². The maximum Gasteiger partial charge on any atom is 0.227 e. The van der Waals surface area contributed by atoms with Crippen molar-refractivity contribution < 1.29 is 14.1 Å². The van der Waals surface area contributed by atoms with Crippen molar-refractivity contribution in [2.75, 3.05) is 13.7 Å². The minimum absolute atomic E-state index is 0.0242. The highest BCUT2D eigenvalue weighted by Gasteiger charge is 2.34. The Kier molecular flexibility index (Phi) is 4.66. The van der Waals surface area contributed by atoms with E-state index in [4.69, 9.17) is 9.26 Å². The highest BCUT2D eigenvalue weighted by atomic mass is 16.5. The van der Waals surface area contributed by atoms with Gasteiger partial charge in [-0.2, -0.15) is 4.98 Å². The van der Waals surface area contributed by atoms with Gasteiger partial charge in [0, 0.05) is 44.5 Å². The number of amides is 1.